The molecule has 38 heavy (non-hydrogen) atoms. The molecule has 1 aromatic heterocycles. The van der Waals surface area contributed by atoms with Crippen LogP contribution in [0.25, 0.3) is 11.8 Å². The van der Waals surface area contributed by atoms with Gasteiger partial charge in [0.2, 0.25) is 12.7 Å². The van der Waals surface area contributed by atoms with Crippen LogP contribution in [-0.2, 0) is 15.8 Å². The standard InChI is InChI=1S/C26H20F3N3O5S/c1-14-8-16(15(2)32(14)19-6-7-20-21(11-19)37-13-36-20)9-22-24(34)31(25(35)38-22)12-23(33)30-18-5-3-4-17(10-18)26(27,28)29/h3-11H,12-13H2,1-2H3,(H,30,33)/b22-9-. The summed E-state index contributed by atoms with van der Waals surface area (Å²) in [5.41, 5.74) is 2.22. The van der Waals surface area contributed by atoms with Gasteiger partial charge in [0.05, 0.1) is 10.5 Å². The molecule has 3 heterocycles. The lowest BCUT2D eigenvalue weighted by Gasteiger charge is -2.13. The highest BCUT2D eigenvalue weighted by Gasteiger charge is 2.37. The molecule has 3 aromatic rings. The molecule has 12 heteroatoms. The summed E-state index contributed by atoms with van der Waals surface area (Å²) in [5, 5.41) is 1.66. The minimum Gasteiger partial charge on any atom is -0.454 e. The largest absolute Gasteiger partial charge is 0.454 e. The summed E-state index contributed by atoms with van der Waals surface area (Å²) < 4.78 is 51.6. The summed E-state index contributed by atoms with van der Waals surface area (Å²) in [6.07, 6.45) is -2.99. The Morgan fingerprint density at radius 1 is 1.08 bits per heavy atom. The van der Waals surface area contributed by atoms with E-state index in [-0.39, 0.29) is 17.4 Å². The summed E-state index contributed by atoms with van der Waals surface area (Å²) in [6.45, 7) is 3.30. The highest BCUT2D eigenvalue weighted by Crippen LogP contribution is 2.37. The Bertz CT molecular complexity index is 1510. The number of carbonyl (C=O) groups is 3. The number of aromatic nitrogens is 1. The number of alkyl halides is 3. The van der Waals surface area contributed by atoms with Crippen LogP contribution in [0.4, 0.5) is 23.7 Å². The van der Waals surface area contributed by atoms with Crippen molar-refractivity contribution in [3.63, 3.8) is 0 Å². The highest BCUT2D eigenvalue weighted by atomic mass is 32.2. The van der Waals surface area contributed by atoms with Crippen molar-refractivity contribution in [2.24, 2.45) is 0 Å². The maximum Gasteiger partial charge on any atom is 0.416 e. The number of carbonyl (C=O) groups excluding carboxylic acids is 3. The van der Waals surface area contributed by atoms with Crippen LogP contribution in [0.1, 0.15) is 22.5 Å². The summed E-state index contributed by atoms with van der Waals surface area (Å²) in [7, 11) is 0. The number of imide groups is 1. The predicted molar refractivity (Wildman–Crippen MR) is 134 cm³/mol. The average molecular weight is 544 g/mol. The third-order valence-electron chi connectivity index (χ3n) is 6.02. The Labute approximate surface area is 219 Å². The second-order valence-corrected chi connectivity index (χ2v) is 9.59. The van der Waals surface area contributed by atoms with E-state index in [1.807, 2.05) is 42.7 Å². The second kappa shape index (κ2) is 9.60. The third-order valence-corrected chi connectivity index (χ3v) is 6.93. The monoisotopic (exact) mass is 543 g/mol. The topological polar surface area (TPSA) is 89.9 Å². The number of halogens is 3. The molecule has 1 saturated heterocycles. The van der Waals surface area contributed by atoms with E-state index < -0.39 is 35.3 Å². The van der Waals surface area contributed by atoms with Gasteiger partial charge in [0.15, 0.2) is 11.5 Å². The maximum atomic E-state index is 12.9. The Hall–Kier alpha value is -4.19. The van der Waals surface area contributed by atoms with E-state index in [0.717, 1.165) is 40.2 Å². The van der Waals surface area contributed by atoms with Crippen LogP contribution in [-0.4, -0.2) is 39.9 Å². The first kappa shape index (κ1) is 25.5. The molecule has 3 amide bonds. The predicted octanol–water partition coefficient (Wildman–Crippen LogP) is 5.52. The van der Waals surface area contributed by atoms with E-state index in [2.05, 4.69) is 5.32 Å². The van der Waals surface area contributed by atoms with Crippen molar-refractivity contribution in [1.82, 2.24) is 9.47 Å². The number of anilines is 1. The van der Waals surface area contributed by atoms with E-state index >= 15 is 0 Å². The first-order valence-electron chi connectivity index (χ1n) is 11.3. The maximum absolute atomic E-state index is 12.9. The molecule has 8 nitrogen and oxygen atoms in total. The normalized spacial score (nSPS) is 16.0. The van der Waals surface area contributed by atoms with Gasteiger partial charge in [-0.05, 0) is 73.6 Å². The molecule has 5 rings (SSSR count). The van der Waals surface area contributed by atoms with Crippen LogP contribution in [0, 0.1) is 13.8 Å². The molecule has 1 N–H and O–H groups in total. The number of hydrogen-bond acceptors (Lipinski definition) is 6. The van der Waals surface area contributed by atoms with Gasteiger partial charge in [-0.15, -0.1) is 0 Å². The van der Waals surface area contributed by atoms with E-state index in [1.165, 1.54) is 6.07 Å². The van der Waals surface area contributed by atoms with E-state index in [9.17, 15) is 27.6 Å². The van der Waals surface area contributed by atoms with Crippen LogP contribution < -0.4 is 14.8 Å². The number of aryl methyl sites for hydroxylation is 1. The summed E-state index contributed by atoms with van der Waals surface area (Å²) in [6, 6.07) is 11.5. The summed E-state index contributed by atoms with van der Waals surface area (Å²) in [5.74, 6) is -0.177. The van der Waals surface area contributed by atoms with E-state index in [1.54, 1.807) is 6.08 Å². The molecule has 0 radical (unpaired) electrons. The molecule has 1 fully saturated rings. The fourth-order valence-electron chi connectivity index (χ4n) is 4.25. The minimum atomic E-state index is -4.57. The zero-order valence-corrected chi connectivity index (χ0v) is 20.9. The third kappa shape index (κ3) is 4.86. The molecular weight excluding hydrogens is 523 g/mol. The molecule has 196 valence electrons. The second-order valence-electron chi connectivity index (χ2n) is 8.59. The smallest absolute Gasteiger partial charge is 0.416 e. The number of amides is 3. The number of rotatable bonds is 5. The summed E-state index contributed by atoms with van der Waals surface area (Å²) >= 11 is 0.691. The molecule has 0 saturated carbocycles. The number of thioether (sulfide) groups is 1. The van der Waals surface area contributed by atoms with Gasteiger partial charge >= 0.3 is 6.18 Å². The van der Waals surface area contributed by atoms with Gasteiger partial charge in [0.25, 0.3) is 11.1 Å². The Morgan fingerprint density at radius 2 is 1.84 bits per heavy atom. The van der Waals surface area contributed by atoms with Crippen LogP contribution in [0.3, 0.4) is 0 Å². The van der Waals surface area contributed by atoms with Crippen LogP contribution >= 0.6 is 11.8 Å². The lowest BCUT2D eigenvalue weighted by Crippen LogP contribution is -2.36. The molecular formula is C26H20F3N3O5S. The van der Waals surface area contributed by atoms with Crippen LogP contribution in [0.2, 0.25) is 0 Å². The quantitative estimate of drug-likeness (QED) is 0.427. The zero-order valence-electron chi connectivity index (χ0n) is 20.1. The Kier molecular flexibility index (Phi) is 6.43. The van der Waals surface area contributed by atoms with E-state index in [4.69, 9.17) is 9.47 Å². The van der Waals surface area contributed by atoms with Crippen molar-refractivity contribution in [1.29, 1.82) is 0 Å². The van der Waals surface area contributed by atoms with Crippen molar-refractivity contribution in [2.45, 2.75) is 20.0 Å². The number of hydrogen-bond donors (Lipinski definition) is 1. The van der Waals surface area contributed by atoms with Crippen LogP contribution in [0.15, 0.2) is 53.4 Å². The van der Waals surface area contributed by atoms with Crippen molar-refractivity contribution >= 4 is 40.6 Å². The number of nitrogens with zero attached hydrogens (tertiary/aromatic N) is 2. The number of nitrogens with one attached hydrogen (secondary N) is 1. The van der Waals surface area contributed by atoms with Crippen LogP contribution in [0.5, 0.6) is 11.5 Å². The SMILES string of the molecule is Cc1cc(/C=C2\SC(=O)N(CC(=O)Nc3cccc(C(F)(F)F)c3)C2=O)c(C)n1-c1ccc2c(c1)OCO2. The van der Waals surface area contributed by atoms with Gasteiger partial charge in [0, 0.05) is 28.8 Å². The van der Waals surface area contributed by atoms with Gasteiger partial charge < -0.3 is 19.4 Å². The fourth-order valence-corrected chi connectivity index (χ4v) is 5.08. The molecule has 2 aromatic carbocycles. The van der Waals surface area contributed by atoms with E-state index in [0.29, 0.717) is 28.8 Å². The van der Waals surface area contributed by atoms with Gasteiger partial charge in [-0.2, -0.15) is 13.2 Å². The lowest BCUT2D eigenvalue weighted by atomic mass is 10.2. The minimum absolute atomic E-state index is 0.0942. The first-order chi connectivity index (χ1) is 18.0. The zero-order chi connectivity index (χ0) is 27.2. The Balaban J connectivity index is 1.32. The van der Waals surface area contributed by atoms with Crippen molar-refractivity contribution < 1.29 is 37.0 Å². The van der Waals surface area contributed by atoms with Crippen molar-refractivity contribution in [3.8, 4) is 17.2 Å². The molecule has 0 unspecified atom stereocenters. The molecule has 0 atom stereocenters. The first-order valence-corrected chi connectivity index (χ1v) is 12.1. The fraction of sp³-hybridized carbons (Fsp3) is 0.192. The van der Waals surface area contributed by atoms with Crippen molar-refractivity contribution in [2.75, 3.05) is 18.7 Å². The van der Waals surface area contributed by atoms with Gasteiger partial charge in [-0.1, -0.05) is 6.07 Å². The molecule has 2 aliphatic rings. The highest BCUT2D eigenvalue weighted by molar-refractivity contribution is 8.18. The molecule has 0 aliphatic carbocycles. The molecule has 2 aliphatic heterocycles. The molecule has 0 spiro atoms. The number of fused-ring (bicyclic) bond motifs is 1. The van der Waals surface area contributed by atoms with Gasteiger partial charge in [0.1, 0.15) is 6.54 Å². The summed E-state index contributed by atoms with van der Waals surface area (Å²) in [4.78, 5) is 38.8. The number of benzene rings is 2. The number of ether oxygens (including phenoxy) is 2. The van der Waals surface area contributed by atoms with Crippen molar-refractivity contribution in [3.05, 3.63) is 76.0 Å². The molecule has 0 bridgehead atoms. The average Bonchev–Trinajstić information content (AvgIpc) is 3.51. The van der Waals surface area contributed by atoms with Gasteiger partial charge in [-0.3, -0.25) is 19.3 Å². The van der Waals surface area contributed by atoms with Gasteiger partial charge in [-0.25, -0.2) is 0 Å². The lowest BCUT2D eigenvalue weighted by molar-refractivity contribution is -0.137. The Morgan fingerprint density at radius 3 is 2.61 bits per heavy atom.